The number of hydrogen-bond acceptors (Lipinski definition) is 4. The third kappa shape index (κ3) is 2.76. The number of H-pyrrole nitrogens is 1. The molecule has 96 valence electrons. The maximum atomic E-state index is 13.1. The van der Waals surface area contributed by atoms with Crippen molar-refractivity contribution in [1.82, 2.24) is 4.98 Å². The van der Waals surface area contributed by atoms with Gasteiger partial charge in [0, 0.05) is 18.5 Å². The molecule has 1 aromatic carbocycles. The molecule has 0 fully saturated rings. The minimum atomic E-state index is -0.478. The number of amides is 1. The summed E-state index contributed by atoms with van der Waals surface area (Å²) in [7, 11) is 1.61. The number of fused-ring (bicyclic) bond motifs is 1. The SMILES string of the molecule is CNc1cc(F)cc2c(O)cc(=O)[nH]c12.NC=O. The van der Waals surface area contributed by atoms with Gasteiger partial charge in [-0.2, -0.15) is 0 Å². The second kappa shape index (κ2) is 5.67. The van der Waals surface area contributed by atoms with E-state index in [-0.39, 0.29) is 17.5 Å². The van der Waals surface area contributed by atoms with Crippen LogP contribution in [0.1, 0.15) is 0 Å². The van der Waals surface area contributed by atoms with Crippen LogP contribution in [0.15, 0.2) is 23.0 Å². The number of carbonyl (C=O) groups is 1. The molecule has 18 heavy (non-hydrogen) atoms. The smallest absolute Gasteiger partial charge is 0.252 e. The van der Waals surface area contributed by atoms with Crippen molar-refractivity contribution < 1.29 is 14.3 Å². The Morgan fingerprint density at radius 2 is 2.06 bits per heavy atom. The van der Waals surface area contributed by atoms with Crippen LogP contribution < -0.4 is 16.6 Å². The predicted octanol–water partition coefficient (Wildman–Crippen LogP) is 0.516. The van der Waals surface area contributed by atoms with E-state index >= 15 is 0 Å². The number of nitrogens with two attached hydrogens (primary N) is 1. The Kier molecular flexibility index (Phi) is 4.25. The van der Waals surface area contributed by atoms with E-state index in [2.05, 4.69) is 16.0 Å². The van der Waals surface area contributed by atoms with Crippen molar-refractivity contribution in [2.75, 3.05) is 12.4 Å². The topological polar surface area (TPSA) is 108 Å². The zero-order valence-corrected chi connectivity index (χ0v) is 9.53. The summed E-state index contributed by atoms with van der Waals surface area (Å²) in [5.41, 5.74) is 4.56. The number of aromatic nitrogens is 1. The van der Waals surface area contributed by atoms with Crippen LogP contribution in [0.4, 0.5) is 10.1 Å². The molecule has 0 aliphatic carbocycles. The number of pyridine rings is 1. The van der Waals surface area contributed by atoms with Crippen molar-refractivity contribution in [1.29, 1.82) is 0 Å². The number of hydrogen-bond donors (Lipinski definition) is 4. The van der Waals surface area contributed by atoms with E-state index in [1.807, 2.05) is 0 Å². The van der Waals surface area contributed by atoms with Gasteiger partial charge in [0.25, 0.3) is 5.56 Å². The zero-order valence-electron chi connectivity index (χ0n) is 9.53. The summed E-state index contributed by atoms with van der Waals surface area (Å²) in [4.78, 5) is 22.2. The lowest BCUT2D eigenvalue weighted by atomic mass is 10.1. The van der Waals surface area contributed by atoms with E-state index in [0.717, 1.165) is 6.07 Å². The number of benzene rings is 1. The maximum absolute atomic E-state index is 13.1. The summed E-state index contributed by atoms with van der Waals surface area (Å²) in [6, 6.07) is 3.43. The van der Waals surface area contributed by atoms with Gasteiger partial charge in [-0.1, -0.05) is 0 Å². The molecule has 1 amide bonds. The van der Waals surface area contributed by atoms with E-state index in [1.54, 1.807) is 7.05 Å². The summed E-state index contributed by atoms with van der Waals surface area (Å²) in [5, 5.41) is 12.5. The Morgan fingerprint density at radius 1 is 1.44 bits per heavy atom. The van der Waals surface area contributed by atoms with Gasteiger partial charge >= 0.3 is 0 Å². The first-order chi connectivity index (χ1) is 8.53. The quantitative estimate of drug-likeness (QED) is 0.555. The van der Waals surface area contributed by atoms with Crippen LogP contribution in [0.25, 0.3) is 10.9 Å². The highest BCUT2D eigenvalue weighted by molar-refractivity contribution is 5.94. The molecule has 7 heteroatoms. The van der Waals surface area contributed by atoms with Gasteiger partial charge in [-0.3, -0.25) is 9.59 Å². The molecular formula is C11H12FN3O3. The van der Waals surface area contributed by atoms with Gasteiger partial charge in [0.15, 0.2) is 0 Å². The number of rotatable bonds is 1. The number of aromatic hydroxyl groups is 1. The highest BCUT2D eigenvalue weighted by atomic mass is 19.1. The minimum absolute atomic E-state index is 0.232. The maximum Gasteiger partial charge on any atom is 0.252 e. The molecule has 0 atom stereocenters. The molecule has 6 nitrogen and oxygen atoms in total. The van der Waals surface area contributed by atoms with Crippen LogP contribution in [0, 0.1) is 5.82 Å². The van der Waals surface area contributed by atoms with Crippen molar-refractivity contribution >= 4 is 23.0 Å². The van der Waals surface area contributed by atoms with E-state index < -0.39 is 11.4 Å². The lowest BCUT2D eigenvalue weighted by Crippen LogP contribution is -2.05. The number of carbonyl (C=O) groups excluding carboxylic acids is 1. The molecule has 0 unspecified atom stereocenters. The summed E-state index contributed by atoms with van der Waals surface area (Å²) in [5.74, 6) is -0.709. The first-order valence-corrected chi connectivity index (χ1v) is 4.92. The van der Waals surface area contributed by atoms with Gasteiger partial charge < -0.3 is 21.1 Å². The molecule has 0 radical (unpaired) electrons. The molecule has 0 spiro atoms. The van der Waals surface area contributed by atoms with Crippen molar-refractivity contribution in [2.24, 2.45) is 5.73 Å². The van der Waals surface area contributed by atoms with Crippen molar-refractivity contribution in [3.63, 3.8) is 0 Å². The zero-order chi connectivity index (χ0) is 13.7. The van der Waals surface area contributed by atoms with E-state index in [0.29, 0.717) is 11.2 Å². The Bertz CT molecular complexity index is 625. The standard InChI is InChI=1S/C10H9FN2O2.CH3NO/c1-12-7-3-5(11)2-6-8(14)4-9(15)13-10(6)7;2-1-3/h2-4,12H,1H3,(H2,13,14,15);1H,(H2,2,3). The molecular weight excluding hydrogens is 241 g/mol. The van der Waals surface area contributed by atoms with Crippen LogP contribution in [0.3, 0.4) is 0 Å². The number of primary amides is 1. The Hall–Kier alpha value is -2.57. The summed E-state index contributed by atoms with van der Waals surface area (Å²) in [6.07, 6.45) is 0.250. The molecule has 0 saturated carbocycles. The predicted molar refractivity (Wildman–Crippen MR) is 66.0 cm³/mol. The number of nitrogens with one attached hydrogen (secondary N) is 2. The summed E-state index contributed by atoms with van der Waals surface area (Å²) < 4.78 is 13.1. The van der Waals surface area contributed by atoms with Crippen molar-refractivity contribution in [2.45, 2.75) is 0 Å². The van der Waals surface area contributed by atoms with Gasteiger partial charge in [0.05, 0.1) is 11.2 Å². The van der Waals surface area contributed by atoms with Crippen molar-refractivity contribution in [3.8, 4) is 5.75 Å². The molecule has 2 aromatic rings. The lowest BCUT2D eigenvalue weighted by molar-refractivity contribution is -0.106. The van der Waals surface area contributed by atoms with Crippen LogP contribution in [-0.2, 0) is 4.79 Å². The summed E-state index contributed by atoms with van der Waals surface area (Å²) in [6.45, 7) is 0. The minimum Gasteiger partial charge on any atom is -0.507 e. The number of aromatic amines is 1. The fourth-order valence-corrected chi connectivity index (χ4v) is 1.50. The molecule has 0 aliphatic rings. The molecule has 0 bridgehead atoms. The van der Waals surface area contributed by atoms with Gasteiger partial charge in [0.1, 0.15) is 11.6 Å². The third-order valence-electron chi connectivity index (χ3n) is 2.16. The Balaban J connectivity index is 0.000000492. The highest BCUT2D eigenvalue weighted by Gasteiger charge is 2.08. The lowest BCUT2D eigenvalue weighted by Gasteiger charge is -2.06. The van der Waals surface area contributed by atoms with Crippen LogP contribution in [0.2, 0.25) is 0 Å². The molecule has 1 aromatic heterocycles. The normalized spacial score (nSPS) is 9.44. The van der Waals surface area contributed by atoms with Crippen LogP contribution in [0.5, 0.6) is 5.75 Å². The Morgan fingerprint density at radius 3 is 2.61 bits per heavy atom. The second-order valence-corrected chi connectivity index (χ2v) is 3.28. The largest absolute Gasteiger partial charge is 0.507 e. The molecule has 5 N–H and O–H groups in total. The highest BCUT2D eigenvalue weighted by Crippen LogP contribution is 2.27. The summed E-state index contributed by atoms with van der Waals surface area (Å²) >= 11 is 0. The fraction of sp³-hybridized carbons (Fsp3) is 0.0909. The number of anilines is 1. The van der Waals surface area contributed by atoms with E-state index in [4.69, 9.17) is 4.79 Å². The van der Waals surface area contributed by atoms with Crippen LogP contribution in [-0.4, -0.2) is 23.5 Å². The fourth-order valence-electron chi connectivity index (χ4n) is 1.50. The molecule has 2 rings (SSSR count). The first-order valence-electron chi connectivity index (χ1n) is 4.92. The first kappa shape index (κ1) is 13.5. The second-order valence-electron chi connectivity index (χ2n) is 3.28. The van der Waals surface area contributed by atoms with E-state index in [9.17, 15) is 14.3 Å². The monoisotopic (exact) mass is 253 g/mol. The average molecular weight is 253 g/mol. The van der Waals surface area contributed by atoms with Crippen molar-refractivity contribution in [3.05, 3.63) is 34.4 Å². The van der Waals surface area contributed by atoms with E-state index in [1.165, 1.54) is 12.1 Å². The number of halogens is 1. The average Bonchev–Trinajstić information content (AvgIpc) is 2.30. The molecule has 0 saturated heterocycles. The molecule has 0 aliphatic heterocycles. The van der Waals surface area contributed by atoms with Crippen LogP contribution >= 0.6 is 0 Å². The van der Waals surface area contributed by atoms with Gasteiger partial charge in [-0.05, 0) is 12.1 Å². The van der Waals surface area contributed by atoms with Gasteiger partial charge in [-0.25, -0.2) is 4.39 Å². The van der Waals surface area contributed by atoms with Gasteiger partial charge in [-0.15, -0.1) is 0 Å². The van der Waals surface area contributed by atoms with Gasteiger partial charge in [0.2, 0.25) is 6.41 Å². The third-order valence-corrected chi connectivity index (χ3v) is 2.16. The Labute approximate surface area is 101 Å². The molecule has 1 heterocycles.